The highest BCUT2D eigenvalue weighted by molar-refractivity contribution is 5.93. The maximum absolute atomic E-state index is 4.53. The minimum absolute atomic E-state index is 0.737. The van der Waals surface area contributed by atoms with Crippen molar-refractivity contribution >= 4 is 34.1 Å². The van der Waals surface area contributed by atoms with Crippen LogP contribution >= 0.6 is 0 Å². The van der Waals surface area contributed by atoms with E-state index in [1.165, 1.54) is 0 Å². The Labute approximate surface area is 115 Å². The van der Waals surface area contributed by atoms with E-state index in [2.05, 4.69) is 32.3 Å². The molecule has 0 spiro atoms. The Morgan fingerprint density at radius 1 is 0.900 bits per heavy atom. The zero-order valence-electron chi connectivity index (χ0n) is 10.7. The molecular formula is C16H12N4. The molecular weight excluding hydrogens is 248 g/mol. The van der Waals surface area contributed by atoms with Gasteiger partial charge in [-0.15, -0.1) is 0 Å². The normalized spacial score (nSPS) is 11.8. The number of fused-ring (bicyclic) bond motifs is 2. The first-order valence-corrected chi connectivity index (χ1v) is 6.45. The Bertz CT molecular complexity index is 852. The number of aromatic amines is 2. The molecule has 0 aliphatic carbocycles. The summed E-state index contributed by atoms with van der Waals surface area (Å²) >= 11 is 0. The highest BCUT2D eigenvalue weighted by atomic mass is 15.1. The first-order chi connectivity index (χ1) is 9.88. The van der Waals surface area contributed by atoms with Gasteiger partial charge in [-0.2, -0.15) is 0 Å². The molecule has 96 valence electrons. The van der Waals surface area contributed by atoms with E-state index < -0.39 is 0 Å². The molecule has 0 saturated carbocycles. The van der Waals surface area contributed by atoms with Gasteiger partial charge in [-0.1, -0.05) is 36.4 Å². The lowest BCUT2D eigenvalue weighted by atomic mass is 10.2. The quantitative estimate of drug-likeness (QED) is 0.578. The third-order valence-corrected chi connectivity index (χ3v) is 3.28. The summed E-state index contributed by atoms with van der Waals surface area (Å²) in [6.07, 6.45) is 5.88. The summed E-state index contributed by atoms with van der Waals surface area (Å²) < 4.78 is 0. The fourth-order valence-corrected chi connectivity index (χ4v) is 2.27. The monoisotopic (exact) mass is 260 g/mol. The number of aromatic nitrogens is 4. The van der Waals surface area contributed by atoms with E-state index in [0.717, 1.165) is 33.3 Å². The number of H-pyrrole nitrogens is 2. The Morgan fingerprint density at radius 3 is 2.55 bits per heavy atom. The second-order valence-electron chi connectivity index (χ2n) is 4.67. The largest absolute Gasteiger partial charge is 0.307 e. The molecule has 0 atom stereocenters. The maximum atomic E-state index is 4.53. The van der Waals surface area contributed by atoms with Crippen LogP contribution in [0.25, 0.3) is 34.1 Å². The SMILES string of the molecule is C(=C\c1nc2cc3c[nH][nH]c3cc2n1)/c1ccccc1. The Hall–Kier alpha value is -2.88. The number of hydrogen-bond donors (Lipinski definition) is 2. The topological polar surface area (TPSA) is 57.4 Å². The van der Waals surface area contributed by atoms with Crippen molar-refractivity contribution in [3.8, 4) is 0 Å². The molecule has 0 aliphatic heterocycles. The molecule has 0 amide bonds. The van der Waals surface area contributed by atoms with Crippen LogP contribution in [-0.2, 0) is 0 Å². The van der Waals surface area contributed by atoms with Gasteiger partial charge in [0.2, 0.25) is 0 Å². The van der Waals surface area contributed by atoms with Crippen LogP contribution in [0.4, 0.5) is 0 Å². The van der Waals surface area contributed by atoms with Crippen molar-refractivity contribution in [1.82, 2.24) is 20.2 Å². The van der Waals surface area contributed by atoms with Crippen LogP contribution in [-0.4, -0.2) is 20.2 Å². The van der Waals surface area contributed by atoms with Crippen LogP contribution in [0.1, 0.15) is 11.4 Å². The summed E-state index contributed by atoms with van der Waals surface area (Å²) in [7, 11) is 0. The van der Waals surface area contributed by atoms with Gasteiger partial charge in [0.15, 0.2) is 5.82 Å². The fourth-order valence-electron chi connectivity index (χ4n) is 2.27. The van der Waals surface area contributed by atoms with E-state index in [0.29, 0.717) is 0 Å². The van der Waals surface area contributed by atoms with Gasteiger partial charge in [0.05, 0.1) is 16.6 Å². The van der Waals surface area contributed by atoms with Gasteiger partial charge in [0.1, 0.15) is 0 Å². The Balaban J connectivity index is 1.75. The van der Waals surface area contributed by atoms with E-state index in [4.69, 9.17) is 0 Å². The lowest BCUT2D eigenvalue weighted by molar-refractivity contribution is 1.12. The number of benzene rings is 2. The van der Waals surface area contributed by atoms with Gasteiger partial charge >= 0.3 is 0 Å². The summed E-state index contributed by atoms with van der Waals surface area (Å²) in [6.45, 7) is 0. The molecule has 4 rings (SSSR count). The maximum Gasteiger partial charge on any atom is 0.153 e. The van der Waals surface area contributed by atoms with Crippen LogP contribution in [0, 0.1) is 0 Å². The average molecular weight is 260 g/mol. The zero-order valence-corrected chi connectivity index (χ0v) is 10.7. The molecule has 4 heteroatoms. The highest BCUT2D eigenvalue weighted by Crippen LogP contribution is 2.20. The molecule has 2 N–H and O–H groups in total. The van der Waals surface area contributed by atoms with Crippen molar-refractivity contribution < 1.29 is 0 Å². The Morgan fingerprint density at radius 2 is 1.70 bits per heavy atom. The molecule has 0 fully saturated rings. The standard InChI is InChI=1S/C16H12N4/c1-2-4-11(5-3-1)6-7-16-18-14-8-12-10-17-20-13(12)9-15(14)19-16/h1-10,17,20H/b7-6+. The van der Waals surface area contributed by atoms with Crippen LogP contribution < -0.4 is 0 Å². The lowest BCUT2D eigenvalue weighted by Gasteiger charge is -1.88. The van der Waals surface area contributed by atoms with E-state index in [9.17, 15) is 0 Å². The van der Waals surface area contributed by atoms with Crippen LogP contribution in [0.3, 0.4) is 0 Å². The van der Waals surface area contributed by atoms with E-state index >= 15 is 0 Å². The molecule has 2 aromatic carbocycles. The van der Waals surface area contributed by atoms with E-state index in [1.54, 1.807) is 0 Å². The molecule has 4 aromatic rings. The molecule has 2 aromatic heterocycles. The van der Waals surface area contributed by atoms with E-state index in [-0.39, 0.29) is 0 Å². The summed E-state index contributed by atoms with van der Waals surface area (Å²) in [5.41, 5.74) is 4.00. The van der Waals surface area contributed by atoms with Gasteiger partial charge in [0, 0.05) is 11.6 Å². The second kappa shape index (κ2) is 4.35. The summed E-state index contributed by atoms with van der Waals surface area (Å²) in [4.78, 5) is 9.06. The smallest absolute Gasteiger partial charge is 0.153 e. The number of rotatable bonds is 2. The molecule has 4 nitrogen and oxygen atoms in total. The second-order valence-corrected chi connectivity index (χ2v) is 4.67. The number of imidazole rings is 1. The third-order valence-electron chi connectivity index (χ3n) is 3.28. The fraction of sp³-hybridized carbons (Fsp3) is 0. The van der Waals surface area contributed by atoms with E-state index in [1.807, 2.05) is 48.7 Å². The van der Waals surface area contributed by atoms with Gasteiger partial charge in [-0.3, -0.25) is 0 Å². The van der Waals surface area contributed by atoms with Crippen molar-refractivity contribution in [3.63, 3.8) is 0 Å². The molecule has 0 aliphatic rings. The summed E-state index contributed by atoms with van der Waals surface area (Å²) in [5.74, 6) is 0.737. The van der Waals surface area contributed by atoms with Crippen LogP contribution in [0.2, 0.25) is 0 Å². The zero-order chi connectivity index (χ0) is 13.4. The van der Waals surface area contributed by atoms with Crippen molar-refractivity contribution in [2.45, 2.75) is 0 Å². The van der Waals surface area contributed by atoms with Gasteiger partial charge in [0.25, 0.3) is 0 Å². The number of nitrogens with one attached hydrogen (secondary N) is 2. The van der Waals surface area contributed by atoms with Crippen LogP contribution in [0.5, 0.6) is 0 Å². The minimum Gasteiger partial charge on any atom is -0.307 e. The molecule has 0 bridgehead atoms. The van der Waals surface area contributed by atoms with Gasteiger partial charge in [-0.25, -0.2) is 9.97 Å². The van der Waals surface area contributed by atoms with Gasteiger partial charge < -0.3 is 10.2 Å². The summed E-state index contributed by atoms with van der Waals surface area (Å²) in [6, 6.07) is 14.2. The average Bonchev–Trinajstić information content (AvgIpc) is 3.08. The molecule has 0 unspecified atom stereocenters. The number of hydrogen-bond acceptors (Lipinski definition) is 2. The molecule has 0 radical (unpaired) electrons. The first kappa shape index (κ1) is 11.0. The lowest BCUT2D eigenvalue weighted by Crippen LogP contribution is -1.74. The predicted molar refractivity (Wildman–Crippen MR) is 81.1 cm³/mol. The Kier molecular flexibility index (Phi) is 2.39. The predicted octanol–water partition coefficient (Wildman–Crippen LogP) is 3.61. The molecule has 0 saturated heterocycles. The first-order valence-electron chi connectivity index (χ1n) is 6.45. The van der Waals surface area contributed by atoms with Crippen molar-refractivity contribution in [3.05, 3.63) is 60.0 Å². The molecule has 2 heterocycles. The third kappa shape index (κ3) is 1.87. The van der Waals surface area contributed by atoms with Crippen molar-refractivity contribution in [1.29, 1.82) is 0 Å². The molecule has 20 heavy (non-hydrogen) atoms. The van der Waals surface area contributed by atoms with Gasteiger partial charge in [-0.05, 0) is 23.8 Å². The summed E-state index contributed by atoms with van der Waals surface area (Å²) in [5, 5.41) is 7.14. The minimum atomic E-state index is 0.737. The highest BCUT2D eigenvalue weighted by Gasteiger charge is 2.04. The van der Waals surface area contributed by atoms with Crippen LogP contribution in [0.15, 0.2) is 48.7 Å². The number of nitrogens with zero attached hydrogens (tertiary/aromatic N) is 2. The van der Waals surface area contributed by atoms with Crippen molar-refractivity contribution in [2.75, 3.05) is 0 Å². The van der Waals surface area contributed by atoms with Crippen molar-refractivity contribution in [2.24, 2.45) is 0 Å².